The van der Waals surface area contributed by atoms with Gasteiger partial charge in [-0.15, -0.1) is 22.7 Å². The van der Waals surface area contributed by atoms with Crippen LogP contribution in [0, 0.1) is 6.92 Å². The zero-order valence-electron chi connectivity index (χ0n) is 14.8. The van der Waals surface area contributed by atoms with E-state index >= 15 is 0 Å². The van der Waals surface area contributed by atoms with Gasteiger partial charge in [0.25, 0.3) is 0 Å². The van der Waals surface area contributed by atoms with Crippen LogP contribution < -0.4 is 10.1 Å². The van der Waals surface area contributed by atoms with Crippen molar-refractivity contribution in [1.29, 1.82) is 0 Å². The number of ether oxygens (including phenoxy) is 1. The molecule has 1 amide bonds. The number of aromatic nitrogens is 1. The number of carbonyl (C=O) groups excluding carboxylic acids is 2. The number of thiophene rings is 1. The maximum absolute atomic E-state index is 12.1. The van der Waals surface area contributed by atoms with Crippen LogP contribution in [0.25, 0.3) is 11.3 Å². The molecule has 0 saturated carbocycles. The standard InChI is InChI=1S/C20H18N2O3S2/c1-12-2-6-18(27-12)16(23)4-7-19(24)22-20-21-15(11-26-20)13-3-5-17-14(10-13)8-9-25-17/h2-3,5-6,10-11H,4,7-9H2,1H3,(H,21,22,24). The molecule has 3 heterocycles. The lowest BCUT2D eigenvalue weighted by atomic mass is 10.1. The van der Waals surface area contributed by atoms with E-state index in [9.17, 15) is 9.59 Å². The van der Waals surface area contributed by atoms with Gasteiger partial charge in [0.2, 0.25) is 5.91 Å². The number of amides is 1. The van der Waals surface area contributed by atoms with Gasteiger partial charge in [0, 0.05) is 35.1 Å². The number of carbonyl (C=O) groups is 2. The third-order valence-electron chi connectivity index (χ3n) is 4.33. The molecule has 1 aromatic carbocycles. The number of rotatable bonds is 6. The Morgan fingerprint density at radius 1 is 1.22 bits per heavy atom. The Bertz CT molecular complexity index is 1010. The molecule has 138 valence electrons. The van der Waals surface area contributed by atoms with Crippen molar-refractivity contribution in [1.82, 2.24) is 4.98 Å². The molecule has 4 rings (SSSR count). The Morgan fingerprint density at radius 2 is 2.11 bits per heavy atom. The van der Waals surface area contributed by atoms with E-state index in [-0.39, 0.29) is 24.5 Å². The number of nitrogens with one attached hydrogen (secondary N) is 1. The predicted molar refractivity (Wildman–Crippen MR) is 108 cm³/mol. The van der Waals surface area contributed by atoms with Gasteiger partial charge in [-0.1, -0.05) is 0 Å². The lowest BCUT2D eigenvalue weighted by molar-refractivity contribution is -0.116. The summed E-state index contributed by atoms with van der Waals surface area (Å²) < 4.78 is 5.52. The fourth-order valence-electron chi connectivity index (χ4n) is 2.93. The number of hydrogen-bond acceptors (Lipinski definition) is 6. The van der Waals surface area contributed by atoms with E-state index < -0.39 is 0 Å². The largest absolute Gasteiger partial charge is 0.493 e. The van der Waals surface area contributed by atoms with Crippen LogP contribution in [0.5, 0.6) is 5.75 Å². The van der Waals surface area contributed by atoms with Gasteiger partial charge >= 0.3 is 0 Å². The summed E-state index contributed by atoms with van der Waals surface area (Å²) in [5, 5.41) is 5.26. The molecular formula is C20H18N2O3S2. The summed E-state index contributed by atoms with van der Waals surface area (Å²) in [6.45, 7) is 2.68. The van der Waals surface area contributed by atoms with E-state index in [1.807, 2.05) is 36.6 Å². The molecule has 3 aromatic rings. The number of thiazole rings is 1. The van der Waals surface area contributed by atoms with E-state index in [4.69, 9.17) is 4.74 Å². The third kappa shape index (κ3) is 4.09. The van der Waals surface area contributed by atoms with Gasteiger partial charge in [-0.25, -0.2) is 4.98 Å². The fourth-order valence-corrected chi connectivity index (χ4v) is 4.50. The average molecular weight is 399 g/mol. The van der Waals surface area contributed by atoms with Gasteiger partial charge < -0.3 is 10.1 Å². The SMILES string of the molecule is Cc1ccc(C(=O)CCC(=O)Nc2nc(-c3ccc4c(c3)CCO4)cs2)s1. The summed E-state index contributed by atoms with van der Waals surface area (Å²) in [5.41, 5.74) is 3.03. The predicted octanol–water partition coefficient (Wildman–Crippen LogP) is 4.72. The quantitative estimate of drug-likeness (QED) is 0.610. The summed E-state index contributed by atoms with van der Waals surface area (Å²) in [6, 6.07) is 9.76. The third-order valence-corrected chi connectivity index (χ3v) is 6.13. The highest BCUT2D eigenvalue weighted by Crippen LogP contribution is 2.32. The molecule has 0 unspecified atom stereocenters. The molecule has 1 aliphatic heterocycles. The van der Waals surface area contributed by atoms with Crippen molar-refractivity contribution in [3.63, 3.8) is 0 Å². The van der Waals surface area contributed by atoms with Crippen LogP contribution in [0.2, 0.25) is 0 Å². The Morgan fingerprint density at radius 3 is 2.93 bits per heavy atom. The number of fused-ring (bicyclic) bond motifs is 1. The second kappa shape index (κ2) is 7.62. The van der Waals surface area contributed by atoms with Crippen LogP contribution in [0.4, 0.5) is 5.13 Å². The molecular weight excluding hydrogens is 380 g/mol. The molecule has 0 saturated heterocycles. The maximum Gasteiger partial charge on any atom is 0.226 e. The first-order valence-electron chi connectivity index (χ1n) is 8.69. The molecule has 0 spiro atoms. The molecule has 27 heavy (non-hydrogen) atoms. The van der Waals surface area contributed by atoms with Crippen molar-refractivity contribution in [2.24, 2.45) is 0 Å². The zero-order valence-corrected chi connectivity index (χ0v) is 16.4. The number of hydrogen-bond donors (Lipinski definition) is 1. The first-order chi connectivity index (χ1) is 13.1. The van der Waals surface area contributed by atoms with Gasteiger partial charge in [-0.2, -0.15) is 0 Å². The minimum atomic E-state index is -0.195. The summed E-state index contributed by atoms with van der Waals surface area (Å²) >= 11 is 2.84. The smallest absolute Gasteiger partial charge is 0.226 e. The van der Waals surface area contributed by atoms with Crippen LogP contribution in [-0.4, -0.2) is 23.3 Å². The number of nitrogens with zero attached hydrogens (tertiary/aromatic N) is 1. The van der Waals surface area contributed by atoms with Crippen LogP contribution in [0.3, 0.4) is 0 Å². The summed E-state index contributed by atoms with van der Waals surface area (Å²) in [6.07, 6.45) is 1.27. The van der Waals surface area contributed by atoms with E-state index in [2.05, 4.69) is 16.4 Å². The average Bonchev–Trinajstić information content (AvgIpc) is 3.39. The van der Waals surface area contributed by atoms with E-state index in [0.29, 0.717) is 10.0 Å². The molecule has 5 nitrogen and oxygen atoms in total. The molecule has 0 fully saturated rings. The van der Waals surface area contributed by atoms with Crippen LogP contribution >= 0.6 is 22.7 Å². The molecule has 7 heteroatoms. The van der Waals surface area contributed by atoms with Crippen molar-refractivity contribution in [2.45, 2.75) is 26.2 Å². The van der Waals surface area contributed by atoms with Gasteiger partial charge in [-0.05, 0) is 42.8 Å². The van der Waals surface area contributed by atoms with Crippen LogP contribution in [0.1, 0.15) is 33.0 Å². The molecule has 0 radical (unpaired) electrons. The normalized spacial score (nSPS) is 12.5. The van der Waals surface area contributed by atoms with Crippen molar-refractivity contribution in [3.8, 4) is 17.0 Å². The Hall–Kier alpha value is -2.51. The first-order valence-corrected chi connectivity index (χ1v) is 10.4. The van der Waals surface area contributed by atoms with Crippen LogP contribution in [0.15, 0.2) is 35.7 Å². The van der Waals surface area contributed by atoms with Crippen LogP contribution in [-0.2, 0) is 11.2 Å². The Kier molecular flexibility index (Phi) is 5.05. The van der Waals surface area contributed by atoms with E-state index in [1.54, 1.807) is 0 Å². The molecule has 0 aliphatic carbocycles. The molecule has 2 aromatic heterocycles. The highest BCUT2D eigenvalue weighted by Gasteiger charge is 2.15. The molecule has 0 bridgehead atoms. The summed E-state index contributed by atoms with van der Waals surface area (Å²) in [4.78, 5) is 30.5. The van der Waals surface area contributed by atoms with Crippen molar-refractivity contribution >= 4 is 39.5 Å². The topological polar surface area (TPSA) is 68.3 Å². The number of aryl methyl sites for hydroxylation is 1. The lowest BCUT2D eigenvalue weighted by Crippen LogP contribution is -2.13. The lowest BCUT2D eigenvalue weighted by Gasteiger charge is -2.02. The molecule has 1 N–H and O–H groups in total. The number of Topliss-reactive ketones (excluding diaryl/α,β-unsaturated/α-hetero) is 1. The zero-order chi connectivity index (χ0) is 18.8. The highest BCUT2D eigenvalue weighted by atomic mass is 32.1. The Balaban J connectivity index is 1.35. The number of ketones is 1. The van der Waals surface area contributed by atoms with E-state index in [0.717, 1.165) is 34.9 Å². The fraction of sp³-hybridized carbons (Fsp3) is 0.250. The van der Waals surface area contributed by atoms with Gasteiger partial charge in [-0.3, -0.25) is 9.59 Å². The Labute approximate surface area is 165 Å². The van der Waals surface area contributed by atoms with Gasteiger partial charge in [0.05, 0.1) is 17.2 Å². The van der Waals surface area contributed by atoms with Crippen molar-refractivity contribution in [3.05, 3.63) is 51.0 Å². The highest BCUT2D eigenvalue weighted by molar-refractivity contribution is 7.14. The summed E-state index contributed by atoms with van der Waals surface area (Å²) in [5.74, 6) is 0.747. The van der Waals surface area contributed by atoms with Gasteiger partial charge in [0.15, 0.2) is 10.9 Å². The number of benzene rings is 1. The van der Waals surface area contributed by atoms with Crippen molar-refractivity contribution in [2.75, 3.05) is 11.9 Å². The number of anilines is 1. The van der Waals surface area contributed by atoms with E-state index in [1.165, 1.54) is 28.2 Å². The van der Waals surface area contributed by atoms with Gasteiger partial charge in [0.1, 0.15) is 5.75 Å². The second-order valence-corrected chi connectivity index (χ2v) is 8.49. The molecule has 0 atom stereocenters. The monoisotopic (exact) mass is 398 g/mol. The molecule has 1 aliphatic rings. The maximum atomic E-state index is 12.1. The first kappa shape index (κ1) is 17.9. The minimum absolute atomic E-state index is 0.00318. The minimum Gasteiger partial charge on any atom is -0.493 e. The summed E-state index contributed by atoms with van der Waals surface area (Å²) in [7, 11) is 0. The second-order valence-electron chi connectivity index (χ2n) is 6.34. The van der Waals surface area contributed by atoms with Crippen molar-refractivity contribution < 1.29 is 14.3 Å².